The molecule has 0 fully saturated rings. The molecule has 4 nitrogen and oxygen atoms in total. The summed E-state index contributed by atoms with van der Waals surface area (Å²) in [6.07, 6.45) is 7.62. The Kier molecular flexibility index (Phi) is 5.64. The fraction of sp³-hybridized carbons (Fsp3) is 0.286. The molecular formula is C21H23NO3. The Morgan fingerprint density at radius 2 is 2.24 bits per heavy atom. The van der Waals surface area contributed by atoms with E-state index in [0.717, 1.165) is 29.7 Å². The number of aromatic nitrogens is 1. The third-order valence-corrected chi connectivity index (χ3v) is 4.26. The Balaban J connectivity index is 1.80. The van der Waals surface area contributed by atoms with Crippen molar-refractivity contribution in [2.24, 2.45) is 0 Å². The Labute approximate surface area is 148 Å². The first-order valence-corrected chi connectivity index (χ1v) is 8.46. The molecule has 1 aliphatic rings. The van der Waals surface area contributed by atoms with Gasteiger partial charge in [-0.3, -0.25) is 4.98 Å². The molecule has 1 aliphatic heterocycles. The number of allylic oxidation sites excluding steroid dienone is 1. The standard InChI is InChI=1S/C21H23NO3/c1-15(2)19-10-12-24-21(19)9-6-16(20-5-3-4-11-22-20)13-17-7-8-18(14-23)25-17/h3-5,7-8,10-11,13,21,23H,1,6,9,12,14H2,2H3/b16-13-. The third-order valence-electron chi connectivity index (χ3n) is 4.26. The number of aliphatic hydroxyl groups is 1. The molecule has 130 valence electrons. The summed E-state index contributed by atoms with van der Waals surface area (Å²) >= 11 is 0. The average molecular weight is 337 g/mol. The van der Waals surface area contributed by atoms with E-state index < -0.39 is 0 Å². The van der Waals surface area contributed by atoms with Crippen LogP contribution in [0.5, 0.6) is 0 Å². The number of nitrogens with zero attached hydrogens (tertiary/aromatic N) is 1. The van der Waals surface area contributed by atoms with Crippen LogP contribution in [-0.4, -0.2) is 22.8 Å². The van der Waals surface area contributed by atoms with E-state index in [2.05, 4.69) is 17.6 Å². The van der Waals surface area contributed by atoms with E-state index in [1.165, 1.54) is 5.57 Å². The second kappa shape index (κ2) is 8.10. The van der Waals surface area contributed by atoms with Gasteiger partial charge in [0.1, 0.15) is 18.1 Å². The van der Waals surface area contributed by atoms with Gasteiger partial charge in [-0.05, 0) is 61.3 Å². The minimum atomic E-state index is -0.102. The average Bonchev–Trinajstić information content (AvgIpc) is 3.28. The lowest BCUT2D eigenvalue weighted by molar-refractivity contribution is 0.117. The summed E-state index contributed by atoms with van der Waals surface area (Å²) in [5.41, 5.74) is 4.25. The molecule has 0 spiro atoms. The first kappa shape index (κ1) is 17.4. The van der Waals surface area contributed by atoms with Gasteiger partial charge in [0, 0.05) is 6.20 Å². The molecule has 0 saturated heterocycles. The third kappa shape index (κ3) is 4.35. The van der Waals surface area contributed by atoms with Crippen molar-refractivity contribution in [1.82, 2.24) is 4.98 Å². The van der Waals surface area contributed by atoms with Crippen LogP contribution in [0, 0.1) is 0 Å². The zero-order valence-corrected chi connectivity index (χ0v) is 14.4. The fourth-order valence-electron chi connectivity index (χ4n) is 3.01. The van der Waals surface area contributed by atoms with Gasteiger partial charge < -0.3 is 14.3 Å². The summed E-state index contributed by atoms with van der Waals surface area (Å²) in [4.78, 5) is 4.47. The molecule has 3 heterocycles. The minimum Gasteiger partial charge on any atom is -0.459 e. The van der Waals surface area contributed by atoms with Gasteiger partial charge in [0.15, 0.2) is 0 Å². The molecule has 2 aromatic rings. The molecule has 0 saturated carbocycles. The highest BCUT2D eigenvalue weighted by Crippen LogP contribution is 2.29. The largest absolute Gasteiger partial charge is 0.459 e. The molecule has 25 heavy (non-hydrogen) atoms. The van der Waals surface area contributed by atoms with Crippen LogP contribution in [0.25, 0.3) is 11.6 Å². The Hall–Kier alpha value is -2.43. The van der Waals surface area contributed by atoms with E-state index in [-0.39, 0.29) is 12.7 Å². The van der Waals surface area contributed by atoms with E-state index in [1.807, 2.05) is 37.3 Å². The van der Waals surface area contributed by atoms with E-state index >= 15 is 0 Å². The summed E-state index contributed by atoms with van der Waals surface area (Å²) in [5.74, 6) is 1.27. The molecule has 2 aromatic heterocycles. The molecule has 1 N–H and O–H groups in total. The maximum Gasteiger partial charge on any atom is 0.130 e. The number of aliphatic hydroxyl groups excluding tert-OH is 1. The van der Waals surface area contributed by atoms with Crippen molar-refractivity contribution < 1.29 is 14.3 Å². The smallest absolute Gasteiger partial charge is 0.130 e. The number of furan rings is 1. The minimum absolute atomic E-state index is 0.0780. The Morgan fingerprint density at radius 3 is 2.92 bits per heavy atom. The van der Waals surface area contributed by atoms with Crippen molar-refractivity contribution in [2.45, 2.75) is 32.5 Å². The zero-order valence-electron chi connectivity index (χ0n) is 14.4. The molecule has 3 rings (SSSR count). The van der Waals surface area contributed by atoms with Crippen molar-refractivity contribution >= 4 is 11.6 Å². The molecular weight excluding hydrogens is 314 g/mol. The number of ether oxygens (including phenoxy) is 1. The van der Waals surface area contributed by atoms with Gasteiger partial charge in [-0.25, -0.2) is 0 Å². The molecule has 0 aliphatic carbocycles. The summed E-state index contributed by atoms with van der Waals surface area (Å²) in [6, 6.07) is 9.51. The number of pyridine rings is 1. The highest BCUT2D eigenvalue weighted by Gasteiger charge is 2.21. The van der Waals surface area contributed by atoms with E-state index in [4.69, 9.17) is 9.15 Å². The maximum absolute atomic E-state index is 9.17. The number of rotatable bonds is 7. The van der Waals surface area contributed by atoms with Crippen molar-refractivity contribution in [2.75, 3.05) is 6.61 Å². The van der Waals surface area contributed by atoms with E-state index in [0.29, 0.717) is 18.1 Å². The van der Waals surface area contributed by atoms with Crippen LogP contribution < -0.4 is 0 Å². The quantitative estimate of drug-likeness (QED) is 0.814. The lowest BCUT2D eigenvalue weighted by Crippen LogP contribution is -2.11. The van der Waals surface area contributed by atoms with Crippen molar-refractivity contribution in [3.05, 3.63) is 77.5 Å². The van der Waals surface area contributed by atoms with Gasteiger partial charge in [0.25, 0.3) is 0 Å². The SMILES string of the molecule is C=C(C)C1=CCOC1CC/C(=C/c1ccc(CO)o1)c1ccccn1. The second-order valence-electron chi connectivity index (χ2n) is 6.15. The molecule has 1 unspecified atom stereocenters. The lowest BCUT2D eigenvalue weighted by atomic mass is 9.96. The highest BCUT2D eigenvalue weighted by atomic mass is 16.5. The first-order chi connectivity index (χ1) is 12.2. The van der Waals surface area contributed by atoms with Gasteiger partial charge in [-0.1, -0.05) is 24.3 Å². The van der Waals surface area contributed by atoms with Crippen molar-refractivity contribution in [3.8, 4) is 0 Å². The first-order valence-electron chi connectivity index (χ1n) is 8.46. The second-order valence-corrected chi connectivity index (χ2v) is 6.15. The lowest BCUT2D eigenvalue weighted by Gasteiger charge is -2.16. The summed E-state index contributed by atoms with van der Waals surface area (Å²) in [5, 5.41) is 9.17. The Morgan fingerprint density at radius 1 is 1.36 bits per heavy atom. The molecule has 4 heteroatoms. The predicted molar refractivity (Wildman–Crippen MR) is 98.6 cm³/mol. The molecule has 1 atom stereocenters. The fourth-order valence-corrected chi connectivity index (χ4v) is 3.01. The summed E-state index contributed by atoms with van der Waals surface area (Å²) in [7, 11) is 0. The molecule has 0 aromatic carbocycles. The summed E-state index contributed by atoms with van der Waals surface area (Å²) < 4.78 is 11.4. The number of hydrogen-bond acceptors (Lipinski definition) is 4. The van der Waals surface area contributed by atoms with Crippen LogP contribution >= 0.6 is 0 Å². The predicted octanol–water partition coefficient (Wildman–Crippen LogP) is 4.39. The molecule has 0 radical (unpaired) electrons. The van der Waals surface area contributed by atoms with Crippen LogP contribution in [-0.2, 0) is 11.3 Å². The van der Waals surface area contributed by atoms with Crippen LogP contribution in [0.3, 0.4) is 0 Å². The Bertz CT molecular complexity index is 786. The normalized spacial score (nSPS) is 17.6. The maximum atomic E-state index is 9.17. The van der Waals surface area contributed by atoms with E-state index in [9.17, 15) is 5.11 Å². The van der Waals surface area contributed by atoms with Gasteiger partial charge in [-0.15, -0.1) is 0 Å². The van der Waals surface area contributed by atoms with Crippen LogP contribution in [0.1, 0.15) is 37.0 Å². The topological polar surface area (TPSA) is 55.5 Å². The summed E-state index contributed by atoms with van der Waals surface area (Å²) in [6.45, 7) is 6.60. The molecule has 0 amide bonds. The number of hydrogen-bond donors (Lipinski definition) is 1. The van der Waals surface area contributed by atoms with Crippen LogP contribution in [0.2, 0.25) is 0 Å². The van der Waals surface area contributed by atoms with Gasteiger partial charge in [-0.2, -0.15) is 0 Å². The van der Waals surface area contributed by atoms with Gasteiger partial charge in [0.05, 0.1) is 18.4 Å². The monoisotopic (exact) mass is 337 g/mol. The van der Waals surface area contributed by atoms with Crippen LogP contribution in [0.15, 0.2) is 64.7 Å². The van der Waals surface area contributed by atoms with Gasteiger partial charge >= 0.3 is 0 Å². The van der Waals surface area contributed by atoms with Gasteiger partial charge in [0.2, 0.25) is 0 Å². The zero-order chi connectivity index (χ0) is 17.6. The van der Waals surface area contributed by atoms with E-state index in [1.54, 1.807) is 12.3 Å². The van der Waals surface area contributed by atoms with Crippen molar-refractivity contribution in [1.29, 1.82) is 0 Å². The highest BCUT2D eigenvalue weighted by molar-refractivity contribution is 5.78. The molecule has 0 bridgehead atoms. The van der Waals surface area contributed by atoms with Crippen LogP contribution in [0.4, 0.5) is 0 Å². The van der Waals surface area contributed by atoms with Crippen molar-refractivity contribution in [3.63, 3.8) is 0 Å².